The monoisotopic (exact) mass is 220 g/mol. The van der Waals surface area contributed by atoms with Crippen molar-refractivity contribution in [1.82, 2.24) is 9.97 Å². The molecule has 0 spiro atoms. The highest BCUT2D eigenvalue weighted by Crippen LogP contribution is 2.38. The second-order valence-corrected chi connectivity index (χ2v) is 4.71. The Hall–Kier alpha value is -1.45. The van der Waals surface area contributed by atoms with Crippen molar-refractivity contribution in [2.75, 3.05) is 0 Å². The molecule has 1 aromatic rings. The zero-order valence-corrected chi connectivity index (χ0v) is 9.55. The molecule has 1 aliphatic carbocycles. The van der Waals surface area contributed by atoms with Gasteiger partial charge in [-0.25, -0.2) is 9.97 Å². The van der Waals surface area contributed by atoms with Crippen LogP contribution in [0.15, 0.2) is 12.4 Å². The molecule has 2 rings (SSSR count). The highest BCUT2D eigenvalue weighted by molar-refractivity contribution is 5.76. The molecule has 0 aliphatic heterocycles. The fourth-order valence-electron chi connectivity index (χ4n) is 1.87. The molecule has 1 aromatic heterocycles. The molecule has 1 aliphatic rings. The number of rotatable bonds is 4. The van der Waals surface area contributed by atoms with Crippen molar-refractivity contribution >= 4 is 5.97 Å². The molecule has 1 unspecified atom stereocenters. The predicted octanol–water partition coefficient (Wildman–Crippen LogP) is 2.18. The van der Waals surface area contributed by atoms with Crippen molar-refractivity contribution in [2.45, 2.75) is 38.5 Å². The normalized spacial score (nSPS) is 17.4. The van der Waals surface area contributed by atoms with Gasteiger partial charge in [-0.2, -0.15) is 0 Å². The number of carboxylic acid groups (broad SMARTS) is 1. The molecule has 0 saturated heterocycles. The van der Waals surface area contributed by atoms with E-state index in [9.17, 15) is 4.79 Å². The summed E-state index contributed by atoms with van der Waals surface area (Å²) in [6, 6.07) is 0. The molecule has 86 valence electrons. The number of aliphatic carboxylic acids is 1. The summed E-state index contributed by atoms with van der Waals surface area (Å²) in [7, 11) is 0. The molecule has 0 radical (unpaired) electrons. The number of aromatic nitrogens is 2. The van der Waals surface area contributed by atoms with E-state index in [0.29, 0.717) is 11.5 Å². The van der Waals surface area contributed by atoms with Gasteiger partial charge in [-0.3, -0.25) is 4.79 Å². The van der Waals surface area contributed by atoms with Crippen LogP contribution in [-0.4, -0.2) is 21.0 Å². The highest BCUT2D eigenvalue weighted by Gasteiger charge is 2.28. The molecule has 0 bridgehead atoms. The van der Waals surface area contributed by atoms with Crippen LogP contribution in [0.5, 0.6) is 0 Å². The van der Waals surface area contributed by atoms with E-state index in [1.54, 1.807) is 12.4 Å². The fraction of sp³-hybridized carbons (Fsp3) is 0.583. The maximum atomic E-state index is 11.1. The largest absolute Gasteiger partial charge is 0.481 e. The van der Waals surface area contributed by atoms with Crippen LogP contribution in [0.25, 0.3) is 0 Å². The van der Waals surface area contributed by atoms with Gasteiger partial charge in [0.05, 0.1) is 5.92 Å². The van der Waals surface area contributed by atoms with Crippen LogP contribution in [-0.2, 0) is 4.79 Å². The molecule has 16 heavy (non-hydrogen) atoms. The molecule has 0 aromatic carbocycles. The maximum absolute atomic E-state index is 11.1. The lowest BCUT2D eigenvalue weighted by atomic mass is 9.90. The summed E-state index contributed by atoms with van der Waals surface area (Å²) < 4.78 is 0. The zero-order valence-electron chi connectivity index (χ0n) is 9.55. The lowest BCUT2D eigenvalue weighted by Crippen LogP contribution is -2.18. The lowest BCUT2D eigenvalue weighted by Gasteiger charge is -2.15. The van der Waals surface area contributed by atoms with Gasteiger partial charge in [0.1, 0.15) is 5.82 Å². The number of carboxylic acids is 1. The molecular formula is C12H16N2O2. The highest BCUT2D eigenvalue weighted by atomic mass is 16.4. The molecule has 1 N–H and O–H groups in total. The third-order valence-corrected chi connectivity index (χ3v) is 2.93. The van der Waals surface area contributed by atoms with E-state index in [1.807, 2.05) is 13.8 Å². The van der Waals surface area contributed by atoms with Crippen molar-refractivity contribution in [3.63, 3.8) is 0 Å². The van der Waals surface area contributed by atoms with E-state index in [0.717, 1.165) is 18.7 Å². The molecule has 0 amide bonds. The Morgan fingerprint density at radius 3 is 2.31 bits per heavy atom. The Labute approximate surface area is 94.7 Å². The average molecular weight is 220 g/mol. The van der Waals surface area contributed by atoms with Crippen molar-refractivity contribution in [3.8, 4) is 0 Å². The minimum absolute atomic E-state index is 0.0490. The van der Waals surface area contributed by atoms with E-state index in [2.05, 4.69) is 9.97 Å². The van der Waals surface area contributed by atoms with Crippen molar-refractivity contribution in [2.24, 2.45) is 5.92 Å². The smallest absolute Gasteiger partial charge is 0.311 e. The van der Waals surface area contributed by atoms with Gasteiger partial charge in [0.2, 0.25) is 0 Å². The Kier molecular flexibility index (Phi) is 2.90. The van der Waals surface area contributed by atoms with E-state index in [4.69, 9.17) is 5.11 Å². The summed E-state index contributed by atoms with van der Waals surface area (Å²) in [4.78, 5) is 19.6. The Morgan fingerprint density at radius 2 is 1.94 bits per heavy atom. The third kappa shape index (κ3) is 2.21. The van der Waals surface area contributed by atoms with Crippen LogP contribution in [0.4, 0.5) is 0 Å². The Balaban J connectivity index is 2.21. The van der Waals surface area contributed by atoms with Gasteiger partial charge in [0.25, 0.3) is 0 Å². The fourth-order valence-corrected chi connectivity index (χ4v) is 1.87. The first-order valence-electron chi connectivity index (χ1n) is 5.64. The number of nitrogens with zero attached hydrogens (tertiary/aromatic N) is 2. The van der Waals surface area contributed by atoms with Gasteiger partial charge in [0.15, 0.2) is 0 Å². The summed E-state index contributed by atoms with van der Waals surface area (Å²) in [6.45, 7) is 3.79. The summed E-state index contributed by atoms with van der Waals surface area (Å²) in [5.41, 5.74) is 0.701. The van der Waals surface area contributed by atoms with Gasteiger partial charge in [-0.15, -0.1) is 0 Å². The predicted molar refractivity (Wildman–Crippen MR) is 59.2 cm³/mol. The second kappa shape index (κ2) is 4.20. The van der Waals surface area contributed by atoms with Gasteiger partial charge in [-0.1, -0.05) is 13.8 Å². The van der Waals surface area contributed by atoms with Crippen molar-refractivity contribution in [1.29, 1.82) is 0 Å². The van der Waals surface area contributed by atoms with Crippen LogP contribution in [0.3, 0.4) is 0 Å². The second-order valence-electron chi connectivity index (χ2n) is 4.71. The SMILES string of the molecule is CC(C)C(C(=O)O)c1cnc(C2CC2)nc1. The first kappa shape index (κ1) is 11.0. The van der Waals surface area contributed by atoms with Crippen LogP contribution in [0.2, 0.25) is 0 Å². The first-order chi connectivity index (χ1) is 7.59. The quantitative estimate of drug-likeness (QED) is 0.844. The van der Waals surface area contributed by atoms with E-state index in [-0.39, 0.29) is 5.92 Å². The molecule has 1 atom stereocenters. The van der Waals surface area contributed by atoms with Crippen LogP contribution >= 0.6 is 0 Å². The summed E-state index contributed by atoms with van der Waals surface area (Å²) in [5.74, 6) is 0.104. The summed E-state index contributed by atoms with van der Waals surface area (Å²) in [5, 5.41) is 9.13. The van der Waals surface area contributed by atoms with E-state index >= 15 is 0 Å². The maximum Gasteiger partial charge on any atom is 0.311 e. The summed E-state index contributed by atoms with van der Waals surface area (Å²) >= 11 is 0. The number of hydrogen-bond donors (Lipinski definition) is 1. The van der Waals surface area contributed by atoms with Gasteiger partial charge >= 0.3 is 5.97 Å². The number of carbonyl (C=O) groups is 1. The lowest BCUT2D eigenvalue weighted by molar-refractivity contribution is -0.139. The zero-order chi connectivity index (χ0) is 11.7. The number of hydrogen-bond acceptors (Lipinski definition) is 3. The Bertz CT molecular complexity index is 383. The van der Waals surface area contributed by atoms with E-state index < -0.39 is 11.9 Å². The summed E-state index contributed by atoms with van der Waals surface area (Å²) in [6.07, 6.45) is 5.65. The van der Waals surface area contributed by atoms with Crippen molar-refractivity contribution in [3.05, 3.63) is 23.8 Å². The molecule has 1 saturated carbocycles. The Morgan fingerprint density at radius 1 is 1.38 bits per heavy atom. The molecule has 4 nitrogen and oxygen atoms in total. The minimum Gasteiger partial charge on any atom is -0.481 e. The topological polar surface area (TPSA) is 63.1 Å². The standard InChI is InChI=1S/C12H16N2O2/c1-7(2)10(12(15)16)9-5-13-11(14-6-9)8-3-4-8/h5-8,10H,3-4H2,1-2H3,(H,15,16). The average Bonchev–Trinajstić information content (AvgIpc) is 3.01. The third-order valence-electron chi connectivity index (χ3n) is 2.93. The van der Waals surface area contributed by atoms with Crippen LogP contribution < -0.4 is 0 Å². The van der Waals surface area contributed by atoms with Crippen LogP contribution in [0, 0.1) is 5.92 Å². The van der Waals surface area contributed by atoms with Gasteiger partial charge in [0, 0.05) is 23.9 Å². The first-order valence-corrected chi connectivity index (χ1v) is 5.64. The molecule has 4 heteroatoms. The molecule has 1 fully saturated rings. The van der Waals surface area contributed by atoms with Gasteiger partial charge in [-0.05, 0) is 18.8 Å². The van der Waals surface area contributed by atoms with Crippen molar-refractivity contribution < 1.29 is 9.90 Å². The molecule has 1 heterocycles. The van der Waals surface area contributed by atoms with Crippen LogP contribution in [0.1, 0.15) is 49.9 Å². The van der Waals surface area contributed by atoms with E-state index in [1.165, 1.54) is 0 Å². The molecular weight excluding hydrogens is 204 g/mol. The van der Waals surface area contributed by atoms with Gasteiger partial charge < -0.3 is 5.11 Å². The minimum atomic E-state index is -0.808.